The third-order valence-corrected chi connectivity index (χ3v) is 7.62. The number of amides is 1. The molecule has 26 heavy (non-hydrogen) atoms. The number of nitrogens with zero attached hydrogens (tertiary/aromatic N) is 3. The molecule has 4 rings (SSSR count). The van der Waals surface area contributed by atoms with Crippen molar-refractivity contribution in [2.45, 2.75) is 50.5 Å². The van der Waals surface area contributed by atoms with Crippen LogP contribution in [-0.2, 0) is 4.79 Å². The molecule has 8 heteroatoms. The van der Waals surface area contributed by atoms with E-state index in [2.05, 4.69) is 10.3 Å². The molecule has 0 aromatic carbocycles. The first-order valence-corrected chi connectivity index (χ1v) is 10.5. The average molecular weight is 395 g/mol. The summed E-state index contributed by atoms with van der Waals surface area (Å²) in [6, 6.07) is 2.00. The number of aliphatic hydroxyl groups is 1. The second-order valence-corrected chi connectivity index (χ2v) is 9.28. The summed E-state index contributed by atoms with van der Waals surface area (Å²) in [6.07, 6.45) is 6.86. The molecule has 2 N–H and O–H groups in total. The molecular formula is C18H23ClN4O2S. The number of rotatable bonds is 4. The van der Waals surface area contributed by atoms with Crippen LogP contribution >= 0.6 is 22.9 Å². The van der Waals surface area contributed by atoms with Gasteiger partial charge in [-0.15, -0.1) is 0 Å². The number of nitriles is 1. The second kappa shape index (κ2) is 6.66. The Morgan fingerprint density at radius 1 is 1.42 bits per heavy atom. The molecule has 2 unspecified atom stereocenters. The van der Waals surface area contributed by atoms with Crippen molar-refractivity contribution < 1.29 is 9.90 Å². The molecule has 1 saturated heterocycles. The zero-order valence-electron chi connectivity index (χ0n) is 14.6. The highest BCUT2D eigenvalue weighted by atomic mass is 35.5. The summed E-state index contributed by atoms with van der Waals surface area (Å²) in [5.41, 5.74) is -0.924. The van der Waals surface area contributed by atoms with Crippen molar-refractivity contribution in [2.24, 2.45) is 11.3 Å². The van der Waals surface area contributed by atoms with Gasteiger partial charge in [0.15, 0.2) is 10.3 Å². The van der Waals surface area contributed by atoms with Gasteiger partial charge in [0.1, 0.15) is 10.9 Å². The minimum Gasteiger partial charge on any atom is -0.388 e. The summed E-state index contributed by atoms with van der Waals surface area (Å²) in [6.45, 7) is 1.55. The van der Waals surface area contributed by atoms with E-state index < -0.39 is 5.60 Å². The van der Waals surface area contributed by atoms with Gasteiger partial charge in [-0.05, 0) is 38.0 Å². The molecule has 1 aromatic rings. The van der Waals surface area contributed by atoms with Gasteiger partial charge in [0.05, 0.1) is 11.0 Å². The number of nitrogens with one attached hydrogen (secondary N) is 1. The molecule has 3 aliphatic rings. The smallest absolute Gasteiger partial charge is 0.229 e. The summed E-state index contributed by atoms with van der Waals surface area (Å²) in [7, 11) is 0. The summed E-state index contributed by atoms with van der Waals surface area (Å²) < 4.78 is 0. The number of halogens is 1. The molecule has 0 bridgehead atoms. The van der Waals surface area contributed by atoms with Crippen LogP contribution in [0.15, 0.2) is 0 Å². The van der Waals surface area contributed by atoms with Crippen LogP contribution in [0.5, 0.6) is 0 Å². The number of piperidine rings is 1. The highest BCUT2D eigenvalue weighted by molar-refractivity contribution is 7.16. The van der Waals surface area contributed by atoms with E-state index >= 15 is 0 Å². The largest absolute Gasteiger partial charge is 0.388 e. The lowest BCUT2D eigenvalue weighted by Crippen LogP contribution is -2.51. The van der Waals surface area contributed by atoms with Crippen molar-refractivity contribution in [2.75, 3.05) is 25.0 Å². The number of anilines is 1. The maximum Gasteiger partial charge on any atom is 0.229 e. The van der Waals surface area contributed by atoms with Gasteiger partial charge >= 0.3 is 0 Å². The van der Waals surface area contributed by atoms with Gasteiger partial charge in [0.25, 0.3) is 0 Å². The van der Waals surface area contributed by atoms with E-state index in [1.807, 2.05) is 11.0 Å². The Kier molecular flexibility index (Phi) is 4.62. The first-order valence-electron chi connectivity index (χ1n) is 9.28. The van der Waals surface area contributed by atoms with Crippen molar-refractivity contribution in [1.29, 1.82) is 5.26 Å². The van der Waals surface area contributed by atoms with Crippen LogP contribution in [0.25, 0.3) is 0 Å². The molecule has 6 nitrogen and oxygen atoms in total. The van der Waals surface area contributed by atoms with Crippen LogP contribution in [0.1, 0.15) is 49.8 Å². The molecule has 1 aliphatic heterocycles. The predicted octanol–water partition coefficient (Wildman–Crippen LogP) is 3.01. The van der Waals surface area contributed by atoms with Crippen LogP contribution in [0.3, 0.4) is 0 Å². The van der Waals surface area contributed by atoms with Gasteiger partial charge in [0.2, 0.25) is 5.91 Å². The highest BCUT2D eigenvalue weighted by Crippen LogP contribution is 2.62. The fourth-order valence-electron chi connectivity index (χ4n) is 4.57. The number of carbonyl (C=O) groups is 1. The maximum atomic E-state index is 13.0. The molecule has 2 heterocycles. The first-order chi connectivity index (χ1) is 12.5. The molecule has 0 spiro atoms. The van der Waals surface area contributed by atoms with Crippen molar-refractivity contribution in [1.82, 2.24) is 9.88 Å². The van der Waals surface area contributed by atoms with Crippen molar-refractivity contribution in [3.8, 4) is 6.07 Å². The Bertz CT molecular complexity index is 753. The van der Waals surface area contributed by atoms with Crippen molar-refractivity contribution >= 4 is 34.0 Å². The molecule has 1 amide bonds. The molecule has 2 atom stereocenters. The summed E-state index contributed by atoms with van der Waals surface area (Å²) >= 11 is 7.06. The van der Waals surface area contributed by atoms with Crippen LogP contribution in [0.2, 0.25) is 5.15 Å². The Balaban J connectivity index is 1.31. The predicted molar refractivity (Wildman–Crippen MR) is 100 cm³/mol. The lowest BCUT2D eigenvalue weighted by molar-refractivity contribution is -0.142. The van der Waals surface area contributed by atoms with E-state index in [0.29, 0.717) is 54.3 Å². The second-order valence-electron chi connectivity index (χ2n) is 7.92. The molecule has 2 saturated carbocycles. The van der Waals surface area contributed by atoms with E-state index in [4.69, 9.17) is 16.9 Å². The molecule has 0 radical (unpaired) electrons. The SMILES string of the molecule is N#Cc1sc(NCC2(O)CCN(C(=O)C34CCCCC3C4)CC2)nc1Cl. The van der Waals surface area contributed by atoms with Crippen molar-refractivity contribution in [3.63, 3.8) is 0 Å². The Labute approximate surface area is 162 Å². The van der Waals surface area contributed by atoms with Gasteiger partial charge in [-0.25, -0.2) is 4.98 Å². The molecule has 2 aliphatic carbocycles. The fraction of sp³-hybridized carbons (Fsp3) is 0.722. The number of likely N-dealkylation sites (tertiary alicyclic amines) is 1. The van der Waals surface area contributed by atoms with Gasteiger partial charge < -0.3 is 15.3 Å². The van der Waals surface area contributed by atoms with Crippen molar-refractivity contribution in [3.05, 3.63) is 10.0 Å². The fourth-order valence-corrected chi connectivity index (χ4v) is 5.51. The topological polar surface area (TPSA) is 89.2 Å². The minimum absolute atomic E-state index is 0.0582. The normalized spacial score (nSPS) is 29.6. The molecular weight excluding hydrogens is 372 g/mol. The lowest BCUT2D eigenvalue weighted by Gasteiger charge is -2.40. The standard InChI is InChI=1S/C18H23ClN4O2S/c19-14-13(10-20)26-16(22-14)21-11-17(25)5-7-23(8-6-17)15(24)18-4-2-1-3-12(18)9-18/h12,25H,1-9,11H2,(H,21,22). The Hall–Kier alpha value is -1.36. The summed E-state index contributed by atoms with van der Waals surface area (Å²) in [5, 5.41) is 23.6. The van der Waals surface area contributed by atoms with Crippen LogP contribution in [-0.4, -0.2) is 46.1 Å². The zero-order chi connectivity index (χ0) is 18.4. The quantitative estimate of drug-likeness (QED) is 0.819. The Morgan fingerprint density at radius 3 is 2.85 bits per heavy atom. The number of hydrogen-bond donors (Lipinski definition) is 2. The number of fused-ring (bicyclic) bond motifs is 1. The highest BCUT2D eigenvalue weighted by Gasteiger charge is 2.61. The van der Waals surface area contributed by atoms with E-state index in [0.717, 1.165) is 12.8 Å². The van der Waals surface area contributed by atoms with Crippen LogP contribution < -0.4 is 5.32 Å². The Morgan fingerprint density at radius 2 is 2.19 bits per heavy atom. The van der Waals surface area contributed by atoms with Crippen LogP contribution in [0, 0.1) is 22.7 Å². The number of thiazole rings is 1. The molecule has 3 fully saturated rings. The van der Waals surface area contributed by atoms with Crippen LogP contribution in [0.4, 0.5) is 5.13 Å². The van der Waals surface area contributed by atoms with E-state index in [1.54, 1.807) is 0 Å². The molecule has 140 valence electrons. The number of carbonyl (C=O) groups excluding carboxylic acids is 1. The van der Waals surface area contributed by atoms with Gasteiger partial charge in [-0.1, -0.05) is 35.8 Å². The lowest BCUT2D eigenvalue weighted by atomic mass is 9.85. The van der Waals surface area contributed by atoms with E-state index in [-0.39, 0.29) is 10.6 Å². The number of aromatic nitrogens is 1. The monoisotopic (exact) mass is 394 g/mol. The van der Waals surface area contributed by atoms with Gasteiger partial charge in [-0.2, -0.15) is 5.26 Å². The van der Waals surface area contributed by atoms with E-state index in [1.165, 1.54) is 30.6 Å². The third kappa shape index (κ3) is 3.19. The first kappa shape index (κ1) is 18.0. The number of hydrogen-bond acceptors (Lipinski definition) is 6. The van der Waals surface area contributed by atoms with Gasteiger partial charge in [-0.3, -0.25) is 4.79 Å². The zero-order valence-corrected chi connectivity index (χ0v) is 16.2. The third-order valence-electron chi connectivity index (χ3n) is 6.32. The maximum absolute atomic E-state index is 13.0. The van der Waals surface area contributed by atoms with Gasteiger partial charge in [0, 0.05) is 19.6 Å². The molecule has 1 aromatic heterocycles. The minimum atomic E-state index is -0.866. The summed E-state index contributed by atoms with van der Waals surface area (Å²) in [5.74, 6) is 0.929. The average Bonchev–Trinajstić information content (AvgIpc) is 3.30. The van der Waals surface area contributed by atoms with E-state index in [9.17, 15) is 9.90 Å². The summed E-state index contributed by atoms with van der Waals surface area (Å²) in [4.78, 5) is 19.4.